The van der Waals surface area contributed by atoms with Gasteiger partial charge in [-0.1, -0.05) is 206 Å². The molecule has 0 saturated heterocycles. The molecule has 0 amide bonds. The van der Waals surface area contributed by atoms with E-state index >= 15 is 0 Å². The Morgan fingerprint density at radius 2 is 0.584 bits per heavy atom. The molecule has 14 aromatic rings. The number of ether oxygens (including phenoxy) is 2. The van der Waals surface area contributed by atoms with Gasteiger partial charge in [0.2, 0.25) is 0 Å². The van der Waals surface area contributed by atoms with Crippen molar-refractivity contribution in [1.29, 1.82) is 0 Å². The van der Waals surface area contributed by atoms with Gasteiger partial charge >= 0.3 is 0 Å². The van der Waals surface area contributed by atoms with Crippen LogP contribution in [0.5, 0.6) is 11.5 Å². The minimum Gasteiger partial charge on any atom is -0.491 e. The summed E-state index contributed by atoms with van der Waals surface area (Å²) in [5.74, 6) is 1.50. The molecule has 0 unspecified atom stereocenters. The largest absolute Gasteiger partial charge is 0.491 e. The van der Waals surface area contributed by atoms with Gasteiger partial charge in [-0.05, 0) is 167 Å². The Balaban J connectivity index is 1.15. The van der Waals surface area contributed by atoms with E-state index in [9.17, 15) is 10.2 Å². The number of hydrogen-bond acceptors (Lipinski definition) is 4. The van der Waals surface area contributed by atoms with Gasteiger partial charge in [0.1, 0.15) is 24.7 Å². The van der Waals surface area contributed by atoms with Gasteiger partial charge in [0, 0.05) is 10.8 Å². The molecule has 1 aliphatic carbocycles. The SMILES string of the molecule is OCCOc1cc2ccc(C3(c4ccc5cc(OCCO)c6ccccc6c5c4)c4c(cccc4-c4cc5ccccc5c5ccccc45)-c4cccc(-c5cc6ccccc6c6ccccc56)c43)cc2c2ccccc12. The van der Waals surface area contributed by atoms with Crippen LogP contribution in [0.25, 0.3) is 120 Å². The lowest BCUT2D eigenvalue weighted by Crippen LogP contribution is -2.30. The molecule has 0 atom stereocenters. The second-order valence-electron chi connectivity index (χ2n) is 20.4. The van der Waals surface area contributed by atoms with E-state index in [0.717, 1.165) is 65.7 Å². The zero-order valence-corrected chi connectivity index (χ0v) is 42.1. The highest BCUT2D eigenvalue weighted by molar-refractivity contribution is 6.18. The third-order valence-corrected chi connectivity index (χ3v) is 16.5. The highest BCUT2D eigenvalue weighted by atomic mass is 16.5. The molecule has 77 heavy (non-hydrogen) atoms. The molecule has 0 aromatic heterocycles. The maximum absolute atomic E-state index is 9.93. The zero-order chi connectivity index (χ0) is 51.2. The predicted octanol–water partition coefficient (Wildman–Crippen LogP) is 17.4. The molecule has 0 radical (unpaired) electrons. The number of aliphatic hydroxyl groups excluding tert-OH is 2. The summed E-state index contributed by atoms with van der Waals surface area (Å²) in [5.41, 5.74) is 10.9. The van der Waals surface area contributed by atoms with E-state index < -0.39 is 5.41 Å². The van der Waals surface area contributed by atoms with Crippen molar-refractivity contribution in [2.45, 2.75) is 5.41 Å². The minimum atomic E-state index is -0.944. The lowest BCUT2D eigenvalue weighted by molar-refractivity contribution is 0.203. The first kappa shape index (κ1) is 45.1. The van der Waals surface area contributed by atoms with E-state index in [0.29, 0.717) is 0 Å². The summed E-state index contributed by atoms with van der Waals surface area (Å²) in [6.07, 6.45) is 0. The van der Waals surface area contributed by atoms with Crippen LogP contribution in [0.4, 0.5) is 0 Å². The van der Waals surface area contributed by atoms with Crippen LogP contribution >= 0.6 is 0 Å². The Kier molecular flexibility index (Phi) is 10.5. The molecule has 0 spiro atoms. The van der Waals surface area contributed by atoms with Crippen LogP contribution in [-0.2, 0) is 5.41 Å². The van der Waals surface area contributed by atoms with Gasteiger partial charge in [0.05, 0.1) is 18.6 Å². The van der Waals surface area contributed by atoms with Crippen LogP contribution in [0.3, 0.4) is 0 Å². The van der Waals surface area contributed by atoms with E-state index in [4.69, 9.17) is 9.47 Å². The number of fused-ring (bicyclic) bond motifs is 15. The molecule has 15 rings (SSSR count). The average Bonchev–Trinajstić information content (AvgIpc) is 3.79. The fourth-order valence-electron chi connectivity index (χ4n) is 13.4. The van der Waals surface area contributed by atoms with E-state index in [1.54, 1.807) is 0 Å². The van der Waals surface area contributed by atoms with Crippen LogP contribution in [0.1, 0.15) is 22.3 Å². The monoisotopic (exact) mass is 990 g/mol. The van der Waals surface area contributed by atoms with Crippen molar-refractivity contribution in [2.24, 2.45) is 0 Å². The quantitative estimate of drug-likeness (QED) is 0.134. The molecule has 4 heteroatoms. The smallest absolute Gasteiger partial charge is 0.127 e. The third kappa shape index (κ3) is 6.79. The summed E-state index contributed by atoms with van der Waals surface area (Å²) >= 11 is 0. The normalized spacial score (nSPS) is 12.9. The lowest BCUT2D eigenvalue weighted by Gasteiger charge is -2.37. The number of aliphatic hydroxyl groups is 2. The van der Waals surface area contributed by atoms with Crippen molar-refractivity contribution < 1.29 is 19.7 Å². The second-order valence-corrected chi connectivity index (χ2v) is 20.4. The Morgan fingerprint density at radius 3 is 0.987 bits per heavy atom. The predicted molar refractivity (Wildman–Crippen MR) is 320 cm³/mol. The molecule has 14 aromatic carbocycles. The number of benzene rings is 14. The molecule has 0 heterocycles. The molecular formula is C73H50O4. The van der Waals surface area contributed by atoms with Crippen LogP contribution in [-0.4, -0.2) is 36.6 Å². The number of hydrogen-bond donors (Lipinski definition) is 2. The van der Waals surface area contributed by atoms with Gasteiger partial charge in [-0.2, -0.15) is 0 Å². The third-order valence-electron chi connectivity index (χ3n) is 16.5. The number of rotatable bonds is 10. The van der Waals surface area contributed by atoms with Gasteiger partial charge < -0.3 is 19.7 Å². The molecule has 4 nitrogen and oxygen atoms in total. The highest BCUT2D eigenvalue weighted by Gasteiger charge is 2.50. The van der Waals surface area contributed by atoms with Gasteiger partial charge in [0.15, 0.2) is 0 Å². The first-order chi connectivity index (χ1) is 38.1. The minimum absolute atomic E-state index is 0.0751. The average molecular weight is 991 g/mol. The Hall–Kier alpha value is -9.32. The van der Waals surface area contributed by atoms with Crippen molar-refractivity contribution in [2.75, 3.05) is 26.4 Å². The first-order valence-electron chi connectivity index (χ1n) is 26.6. The van der Waals surface area contributed by atoms with Crippen molar-refractivity contribution in [3.63, 3.8) is 0 Å². The van der Waals surface area contributed by atoms with Gasteiger partial charge in [0.25, 0.3) is 0 Å². The van der Waals surface area contributed by atoms with Gasteiger partial charge in [-0.15, -0.1) is 0 Å². The summed E-state index contributed by atoms with van der Waals surface area (Å²) in [4.78, 5) is 0. The lowest BCUT2D eigenvalue weighted by atomic mass is 9.63. The van der Waals surface area contributed by atoms with Crippen molar-refractivity contribution in [1.82, 2.24) is 0 Å². The van der Waals surface area contributed by atoms with E-state index in [1.165, 1.54) is 87.6 Å². The Bertz CT molecular complexity index is 4440. The molecular weight excluding hydrogens is 941 g/mol. The first-order valence-corrected chi connectivity index (χ1v) is 26.6. The second kappa shape index (κ2) is 17.9. The summed E-state index contributed by atoms with van der Waals surface area (Å²) in [5, 5.41) is 38.0. The highest BCUT2D eigenvalue weighted by Crippen LogP contribution is 2.63. The van der Waals surface area contributed by atoms with Crippen molar-refractivity contribution >= 4 is 86.2 Å². The summed E-state index contributed by atoms with van der Waals surface area (Å²) in [6, 6.07) is 89.7. The topological polar surface area (TPSA) is 58.9 Å². The van der Waals surface area contributed by atoms with Crippen LogP contribution in [0.2, 0.25) is 0 Å². The maximum Gasteiger partial charge on any atom is 0.127 e. The standard InChI is InChI=1S/C73H50O4/c74-35-37-76-69-41-47-31-33-49(43-65(47)57-23-9-11-25-59(57)69)73(50-34-32-48-42-70(77-38-36-75)60-26-12-10-24-58(60)66(48)44-50)71-61(27-13-29-63(71)67-39-45-15-1-3-17-51(45)53-19-5-7-21-55(53)67)62-28-14-30-64(72(62)73)68-40-46-16-2-4-18-52(46)54-20-6-8-22-56(54)68/h1-34,39-44,74-75H,35-38H2. The Labute approximate surface area is 445 Å². The van der Waals surface area contributed by atoms with E-state index in [1.807, 2.05) is 0 Å². The molecule has 0 bridgehead atoms. The van der Waals surface area contributed by atoms with Crippen molar-refractivity contribution in [3.05, 3.63) is 265 Å². The molecule has 1 aliphatic rings. The summed E-state index contributed by atoms with van der Waals surface area (Å²) in [7, 11) is 0. The van der Waals surface area contributed by atoms with Crippen LogP contribution in [0.15, 0.2) is 243 Å². The molecule has 0 saturated carbocycles. The van der Waals surface area contributed by atoms with Crippen molar-refractivity contribution in [3.8, 4) is 44.9 Å². The molecule has 2 N–H and O–H groups in total. The Morgan fingerprint density at radius 1 is 0.260 bits per heavy atom. The summed E-state index contributed by atoms with van der Waals surface area (Å²) < 4.78 is 12.6. The van der Waals surface area contributed by atoms with Crippen LogP contribution < -0.4 is 9.47 Å². The fourth-order valence-corrected chi connectivity index (χ4v) is 13.4. The summed E-state index contributed by atoms with van der Waals surface area (Å²) in [6.45, 7) is 0.255. The van der Waals surface area contributed by atoms with E-state index in [2.05, 4.69) is 243 Å². The molecule has 0 aliphatic heterocycles. The van der Waals surface area contributed by atoms with E-state index in [-0.39, 0.29) is 26.4 Å². The molecule has 366 valence electrons. The maximum atomic E-state index is 9.93. The van der Waals surface area contributed by atoms with Crippen LogP contribution in [0, 0.1) is 0 Å². The van der Waals surface area contributed by atoms with Gasteiger partial charge in [-0.25, -0.2) is 0 Å². The molecule has 0 fully saturated rings. The fraction of sp³-hybridized carbons (Fsp3) is 0.0685. The zero-order valence-electron chi connectivity index (χ0n) is 42.1. The van der Waals surface area contributed by atoms with Gasteiger partial charge in [-0.3, -0.25) is 0 Å².